The van der Waals surface area contributed by atoms with Gasteiger partial charge in [0.25, 0.3) is 0 Å². The fourth-order valence-corrected chi connectivity index (χ4v) is 0. The normalized spacial score (nSPS) is 8.12. The van der Waals surface area contributed by atoms with E-state index in [-0.39, 0.29) is 18.9 Å². The third kappa shape index (κ3) is 240. The zero-order valence-corrected chi connectivity index (χ0v) is 5.55. The summed E-state index contributed by atoms with van der Waals surface area (Å²) in [6.45, 7) is 0. The summed E-state index contributed by atoms with van der Waals surface area (Å²) in [5, 5.41) is 0. The van der Waals surface area contributed by atoms with E-state index in [1.165, 1.54) is 0 Å². The first-order valence-electron chi connectivity index (χ1n) is 0.753. The fourth-order valence-electron chi connectivity index (χ4n) is 0. The third-order valence-corrected chi connectivity index (χ3v) is 0. The third-order valence-electron chi connectivity index (χ3n) is 0. The standard InChI is InChI=1S/ClHO4.Co.Li.O/c2-1(3,4)5;;;/h(H,2,3,4,5);;;/q;;+1;/p-1. The molecule has 0 aromatic heterocycles. The molecule has 0 aliphatic carbocycles. The average Bonchev–Trinajstić information content (AvgIpc) is 1.36. The number of halogens is 1. The van der Waals surface area contributed by atoms with Crippen molar-refractivity contribution in [3.8, 4) is 0 Å². The van der Waals surface area contributed by atoms with Gasteiger partial charge in [0.15, 0.2) is 0 Å². The van der Waals surface area contributed by atoms with Gasteiger partial charge in [0.2, 0.25) is 0 Å². The average molecular weight is 181 g/mol. The topological polar surface area (TPSA) is 109 Å². The Balaban J connectivity index is -0.0000000750. The quantitative estimate of drug-likeness (QED) is 0.345. The molecule has 0 aromatic carbocycles. The van der Waals surface area contributed by atoms with Crippen LogP contribution in [-0.2, 0) is 19.5 Å². The van der Waals surface area contributed by atoms with Gasteiger partial charge in [0.1, 0.15) is 0 Å². The Kier molecular flexibility index (Phi) is 16.1. The Morgan fingerprint density at radius 2 is 1.00 bits per heavy atom. The van der Waals surface area contributed by atoms with Gasteiger partial charge in [-0.1, -0.05) is 0 Å². The van der Waals surface area contributed by atoms with E-state index in [0.717, 1.165) is 0 Å². The summed E-state index contributed by atoms with van der Waals surface area (Å²) in [6.07, 6.45) is 0. The van der Waals surface area contributed by atoms with Gasteiger partial charge in [-0.05, 0) is 0 Å². The zero-order valence-electron chi connectivity index (χ0n) is 3.75. The second-order valence-corrected chi connectivity index (χ2v) is 1.13. The van der Waals surface area contributed by atoms with Gasteiger partial charge >= 0.3 is 38.4 Å². The molecule has 0 aliphatic rings. The molecule has 5 nitrogen and oxygen atoms in total. The molecule has 0 amide bonds. The Hall–Kier alpha value is 1.03. The summed E-state index contributed by atoms with van der Waals surface area (Å²) < 4.78 is 41.9. The molecule has 0 rings (SSSR count). The molecule has 0 fully saturated rings. The van der Waals surface area contributed by atoms with Crippen molar-refractivity contribution in [3.63, 3.8) is 0 Å². The van der Waals surface area contributed by atoms with E-state index in [2.05, 4.69) is 15.7 Å². The molecule has 0 saturated heterocycles. The number of hydrogen-bond acceptors (Lipinski definition) is 5. The first-order valence-corrected chi connectivity index (χ1v) is 2.41. The molecule has 0 atom stereocenters. The van der Waals surface area contributed by atoms with Crippen molar-refractivity contribution in [1.29, 1.82) is 0 Å². The summed E-state index contributed by atoms with van der Waals surface area (Å²) in [6, 6.07) is 0. The van der Waals surface area contributed by atoms with Crippen molar-refractivity contribution in [3.05, 3.63) is 0 Å². The van der Waals surface area contributed by atoms with Gasteiger partial charge < -0.3 is 0 Å². The molecule has 0 aliphatic heterocycles. The fraction of sp³-hybridized carbons (Fsp3) is 0. The summed E-state index contributed by atoms with van der Waals surface area (Å²) in [5.74, 6) is 0. The summed E-state index contributed by atoms with van der Waals surface area (Å²) in [7, 11) is -4.94. The van der Waals surface area contributed by atoms with Crippen LogP contribution in [0.1, 0.15) is 0 Å². The Morgan fingerprint density at radius 3 is 1.00 bits per heavy atom. The van der Waals surface area contributed by atoms with E-state index in [1.54, 1.807) is 0 Å². The van der Waals surface area contributed by atoms with Crippen LogP contribution in [0.25, 0.3) is 0 Å². The molecule has 0 aromatic rings. The Labute approximate surface area is 67.4 Å². The van der Waals surface area contributed by atoms with Gasteiger partial charge in [-0.3, -0.25) is 0 Å². The van der Waals surface area contributed by atoms with Gasteiger partial charge in [0, 0.05) is 0 Å². The molecule has 0 heterocycles. The van der Waals surface area contributed by atoms with Crippen LogP contribution in [0.5, 0.6) is 0 Å². The molecular formula is ClCoLiO5. The second-order valence-electron chi connectivity index (χ2n) is 0.378. The Bertz CT molecular complexity index is 36.2. The van der Waals surface area contributed by atoms with Gasteiger partial charge in [0.05, 0.1) is 0 Å². The molecule has 8 heavy (non-hydrogen) atoms. The van der Waals surface area contributed by atoms with Crippen LogP contribution >= 0.6 is 0 Å². The monoisotopic (exact) mass is 181 g/mol. The molecular weight excluding hydrogens is 181 g/mol. The zero-order chi connectivity index (χ0) is 6.50. The summed E-state index contributed by atoms with van der Waals surface area (Å²) in [4.78, 5) is 0. The first-order chi connectivity index (χ1) is 3.00. The van der Waals surface area contributed by atoms with Crippen LogP contribution in [0.15, 0.2) is 0 Å². The van der Waals surface area contributed by atoms with Crippen LogP contribution in [0.4, 0.5) is 0 Å². The molecule has 8 heteroatoms. The van der Waals surface area contributed by atoms with Crippen molar-refractivity contribution >= 4 is 0 Å². The minimum atomic E-state index is -4.94. The van der Waals surface area contributed by atoms with Crippen LogP contribution in [-0.4, -0.2) is 0 Å². The molecule has 0 spiro atoms. The Morgan fingerprint density at radius 1 is 1.00 bits per heavy atom. The van der Waals surface area contributed by atoms with Gasteiger partial charge in [-0.15, -0.1) is 10.2 Å². The van der Waals surface area contributed by atoms with Crippen LogP contribution < -0.4 is 37.5 Å². The van der Waals surface area contributed by atoms with E-state index < -0.39 is 10.2 Å². The maximum atomic E-state index is 8.49. The number of rotatable bonds is 0. The molecule has 0 unspecified atom stereocenters. The predicted octanol–water partition coefficient (Wildman–Crippen LogP) is -7.87. The van der Waals surface area contributed by atoms with Crippen molar-refractivity contribution < 1.29 is 67.3 Å². The van der Waals surface area contributed by atoms with Crippen molar-refractivity contribution in [2.75, 3.05) is 0 Å². The van der Waals surface area contributed by atoms with E-state index in [4.69, 9.17) is 22.5 Å². The molecule has 0 saturated carbocycles. The summed E-state index contributed by atoms with van der Waals surface area (Å²) in [5.41, 5.74) is 0. The van der Waals surface area contributed by atoms with E-state index in [1.807, 2.05) is 0 Å². The molecule has 0 radical (unpaired) electrons. The second kappa shape index (κ2) is 8.03. The molecule has 47 valence electrons. The predicted molar refractivity (Wildman–Crippen MR) is 0.686 cm³/mol. The van der Waals surface area contributed by atoms with Crippen molar-refractivity contribution in [1.82, 2.24) is 0 Å². The van der Waals surface area contributed by atoms with Gasteiger partial charge in [-0.25, -0.2) is 18.6 Å². The van der Waals surface area contributed by atoms with Crippen molar-refractivity contribution in [2.45, 2.75) is 0 Å². The van der Waals surface area contributed by atoms with E-state index in [0.29, 0.717) is 0 Å². The van der Waals surface area contributed by atoms with E-state index in [9.17, 15) is 0 Å². The summed E-state index contributed by atoms with van der Waals surface area (Å²) >= 11 is 2.31. The van der Waals surface area contributed by atoms with Crippen LogP contribution in [0, 0.1) is 10.2 Å². The minimum absolute atomic E-state index is 0. The van der Waals surface area contributed by atoms with E-state index >= 15 is 0 Å². The van der Waals surface area contributed by atoms with Crippen LogP contribution in [0.2, 0.25) is 0 Å². The molecule has 0 bridgehead atoms. The SMILES string of the molecule is [Li+].[O-][Cl+3]([O-])([O-])[O-].[O]=[Co]. The maximum absolute atomic E-state index is 8.49. The van der Waals surface area contributed by atoms with Crippen LogP contribution in [0.3, 0.4) is 0 Å². The first kappa shape index (κ1) is 16.0. The number of hydrogen-bond donors (Lipinski definition) is 0. The molecule has 0 N–H and O–H groups in total. The van der Waals surface area contributed by atoms with Gasteiger partial charge in [-0.2, -0.15) is 0 Å². The van der Waals surface area contributed by atoms with Crippen molar-refractivity contribution in [2.24, 2.45) is 0 Å².